The number of aryl methyl sites for hydroxylation is 1. The fourth-order valence-corrected chi connectivity index (χ4v) is 2.66. The molecule has 3 N–H and O–H groups in total. The summed E-state index contributed by atoms with van der Waals surface area (Å²) in [4.78, 5) is 3.12. The Morgan fingerprint density at radius 2 is 2.12 bits per heavy atom. The van der Waals surface area contributed by atoms with E-state index >= 15 is 0 Å². The molecule has 0 spiro atoms. The molecule has 2 aromatic rings. The highest BCUT2D eigenvalue weighted by Crippen LogP contribution is 2.36. The summed E-state index contributed by atoms with van der Waals surface area (Å²) >= 11 is 6.99. The van der Waals surface area contributed by atoms with Gasteiger partial charge in [-0.2, -0.15) is 5.26 Å². The number of hydrogen-bond acceptors (Lipinski definition) is 2. The molecule has 3 nitrogen and oxygen atoms in total. The summed E-state index contributed by atoms with van der Waals surface area (Å²) in [5.74, 6) is 0.643. The van der Waals surface area contributed by atoms with E-state index in [1.807, 2.05) is 12.1 Å². The van der Waals surface area contributed by atoms with Crippen LogP contribution in [0.25, 0.3) is 10.9 Å². The number of rotatable bonds is 2. The maximum atomic E-state index is 8.63. The van der Waals surface area contributed by atoms with Crippen molar-refractivity contribution >= 4 is 48.6 Å². The molecule has 0 aliphatic rings. The van der Waals surface area contributed by atoms with Gasteiger partial charge in [-0.3, -0.25) is 0 Å². The third-order valence-corrected chi connectivity index (χ3v) is 4.49. The second kappa shape index (κ2) is 4.48. The number of aromatic nitrogens is 1. The number of hydrogen-bond donors (Lipinski definition) is 2. The van der Waals surface area contributed by atoms with Crippen molar-refractivity contribution in [3.63, 3.8) is 0 Å². The van der Waals surface area contributed by atoms with Crippen molar-refractivity contribution in [3.05, 3.63) is 26.6 Å². The molecule has 1 heterocycles. The Balaban J connectivity index is 2.67. The van der Waals surface area contributed by atoms with Crippen molar-refractivity contribution in [2.24, 2.45) is 0 Å². The van der Waals surface area contributed by atoms with Crippen LogP contribution in [0.2, 0.25) is 0 Å². The van der Waals surface area contributed by atoms with Crippen molar-refractivity contribution in [2.45, 2.75) is 12.8 Å². The second-order valence-corrected chi connectivity index (χ2v) is 5.11. The van der Waals surface area contributed by atoms with Crippen LogP contribution in [0.3, 0.4) is 0 Å². The molecule has 82 valence electrons. The van der Waals surface area contributed by atoms with Crippen LogP contribution in [-0.4, -0.2) is 4.98 Å². The van der Waals surface area contributed by atoms with E-state index in [2.05, 4.69) is 42.9 Å². The third-order valence-electron chi connectivity index (χ3n) is 2.48. The molecular formula is C11H9Br2N3. The van der Waals surface area contributed by atoms with Crippen LogP contribution in [0.4, 0.5) is 5.82 Å². The molecule has 0 radical (unpaired) electrons. The van der Waals surface area contributed by atoms with Crippen LogP contribution < -0.4 is 5.73 Å². The maximum absolute atomic E-state index is 8.63. The number of nitrogen functional groups attached to an aromatic ring is 1. The molecule has 0 atom stereocenters. The van der Waals surface area contributed by atoms with Gasteiger partial charge in [-0.1, -0.05) is 0 Å². The summed E-state index contributed by atoms with van der Waals surface area (Å²) in [7, 11) is 0. The normalized spacial score (nSPS) is 10.6. The Labute approximate surface area is 110 Å². The Bertz CT molecular complexity index is 581. The van der Waals surface area contributed by atoms with Crippen LogP contribution >= 0.6 is 31.9 Å². The zero-order chi connectivity index (χ0) is 11.7. The Morgan fingerprint density at radius 3 is 2.81 bits per heavy atom. The number of nitrogens with zero attached hydrogens (tertiary/aromatic N) is 1. The summed E-state index contributed by atoms with van der Waals surface area (Å²) in [5.41, 5.74) is 7.90. The van der Waals surface area contributed by atoms with Gasteiger partial charge in [0, 0.05) is 31.8 Å². The molecule has 16 heavy (non-hydrogen) atoms. The van der Waals surface area contributed by atoms with Crippen LogP contribution in [0.15, 0.2) is 21.1 Å². The second-order valence-electron chi connectivity index (χ2n) is 3.46. The van der Waals surface area contributed by atoms with E-state index < -0.39 is 0 Å². The molecule has 0 aliphatic carbocycles. The van der Waals surface area contributed by atoms with Crippen LogP contribution in [0.5, 0.6) is 0 Å². The third kappa shape index (κ3) is 1.83. The number of nitriles is 1. The van der Waals surface area contributed by atoms with Gasteiger partial charge in [0.2, 0.25) is 0 Å². The molecule has 1 aromatic carbocycles. The molecule has 0 aliphatic heterocycles. The Hall–Kier alpha value is -0.990. The van der Waals surface area contributed by atoms with Crippen molar-refractivity contribution in [1.82, 2.24) is 4.98 Å². The summed E-state index contributed by atoms with van der Waals surface area (Å²) < 4.78 is 1.96. The molecule has 0 amide bonds. The van der Waals surface area contributed by atoms with Crippen molar-refractivity contribution < 1.29 is 0 Å². The molecule has 0 saturated heterocycles. The highest BCUT2D eigenvalue weighted by molar-refractivity contribution is 9.13. The summed E-state index contributed by atoms with van der Waals surface area (Å²) in [5, 5.41) is 9.69. The lowest BCUT2D eigenvalue weighted by atomic mass is 10.1. The van der Waals surface area contributed by atoms with E-state index in [0.29, 0.717) is 18.7 Å². The largest absolute Gasteiger partial charge is 0.385 e. The number of aromatic amines is 1. The highest BCUT2D eigenvalue weighted by atomic mass is 79.9. The fraction of sp³-hybridized carbons (Fsp3) is 0.182. The number of benzene rings is 1. The number of halogens is 2. The standard InChI is InChI=1S/C11H9Br2N3/c12-7-3-4-8-9(10(7)13)6(2-1-5-14)11(15)16-8/h3-4,16H,1-2,15H2. The van der Waals surface area contributed by atoms with Gasteiger partial charge in [-0.15, -0.1) is 0 Å². The molecule has 0 bridgehead atoms. The fourth-order valence-electron chi connectivity index (χ4n) is 1.75. The van der Waals surface area contributed by atoms with E-state index in [1.165, 1.54) is 0 Å². The highest BCUT2D eigenvalue weighted by Gasteiger charge is 2.13. The quantitative estimate of drug-likeness (QED) is 0.873. The molecular weight excluding hydrogens is 334 g/mol. The van der Waals surface area contributed by atoms with Crippen molar-refractivity contribution in [3.8, 4) is 6.07 Å². The van der Waals surface area contributed by atoms with Gasteiger partial charge in [-0.25, -0.2) is 0 Å². The lowest BCUT2D eigenvalue weighted by molar-refractivity contribution is 1.02. The zero-order valence-corrected chi connectivity index (χ0v) is 11.5. The Morgan fingerprint density at radius 1 is 1.38 bits per heavy atom. The average molecular weight is 343 g/mol. The first-order valence-electron chi connectivity index (χ1n) is 4.76. The van der Waals surface area contributed by atoms with Gasteiger partial charge in [0.25, 0.3) is 0 Å². The first-order valence-corrected chi connectivity index (χ1v) is 6.34. The molecule has 1 aromatic heterocycles. The number of nitrogens with one attached hydrogen (secondary N) is 1. The summed E-state index contributed by atoms with van der Waals surface area (Å²) in [6, 6.07) is 6.06. The zero-order valence-electron chi connectivity index (χ0n) is 8.35. The number of H-pyrrole nitrogens is 1. The number of fused-ring (bicyclic) bond motifs is 1. The van der Waals surface area contributed by atoms with Gasteiger partial charge >= 0.3 is 0 Å². The minimum Gasteiger partial charge on any atom is -0.385 e. The van der Waals surface area contributed by atoms with Crippen molar-refractivity contribution in [2.75, 3.05) is 5.73 Å². The van der Waals surface area contributed by atoms with E-state index in [0.717, 1.165) is 25.4 Å². The minimum absolute atomic E-state index is 0.468. The lowest BCUT2D eigenvalue weighted by Crippen LogP contribution is -1.91. The van der Waals surface area contributed by atoms with E-state index in [-0.39, 0.29) is 0 Å². The minimum atomic E-state index is 0.468. The van der Waals surface area contributed by atoms with Gasteiger partial charge in [0.1, 0.15) is 5.82 Å². The molecule has 0 saturated carbocycles. The first kappa shape index (κ1) is 11.5. The predicted octanol–water partition coefficient (Wildman–Crippen LogP) is 3.73. The maximum Gasteiger partial charge on any atom is 0.105 e. The monoisotopic (exact) mass is 341 g/mol. The van der Waals surface area contributed by atoms with E-state index in [4.69, 9.17) is 11.0 Å². The van der Waals surface area contributed by atoms with E-state index in [9.17, 15) is 0 Å². The van der Waals surface area contributed by atoms with Gasteiger partial charge in [0.15, 0.2) is 0 Å². The average Bonchev–Trinajstić information content (AvgIpc) is 2.58. The summed E-state index contributed by atoms with van der Waals surface area (Å²) in [6.45, 7) is 0. The Kier molecular flexibility index (Phi) is 3.22. The smallest absolute Gasteiger partial charge is 0.105 e. The molecule has 2 rings (SSSR count). The SMILES string of the molecule is N#CCCc1c(N)[nH]c2ccc(Br)c(Br)c12. The van der Waals surface area contributed by atoms with Crippen molar-refractivity contribution in [1.29, 1.82) is 5.26 Å². The van der Waals surface area contributed by atoms with E-state index in [1.54, 1.807) is 0 Å². The topological polar surface area (TPSA) is 65.6 Å². The summed E-state index contributed by atoms with van der Waals surface area (Å²) in [6.07, 6.45) is 1.13. The van der Waals surface area contributed by atoms with Gasteiger partial charge in [-0.05, 0) is 50.4 Å². The lowest BCUT2D eigenvalue weighted by Gasteiger charge is -2.01. The molecule has 0 unspecified atom stereocenters. The first-order chi connectivity index (χ1) is 7.65. The van der Waals surface area contributed by atoms with Crippen LogP contribution in [-0.2, 0) is 6.42 Å². The van der Waals surface area contributed by atoms with Crippen LogP contribution in [0, 0.1) is 11.3 Å². The molecule has 0 fully saturated rings. The number of nitrogens with two attached hydrogens (primary N) is 1. The van der Waals surface area contributed by atoms with Gasteiger partial charge in [0.05, 0.1) is 6.07 Å². The van der Waals surface area contributed by atoms with Crippen LogP contribution in [0.1, 0.15) is 12.0 Å². The number of anilines is 1. The van der Waals surface area contributed by atoms with Gasteiger partial charge < -0.3 is 10.7 Å². The molecule has 5 heteroatoms. The predicted molar refractivity (Wildman–Crippen MR) is 72.0 cm³/mol.